The largest absolute Gasteiger partial charge is 0.462 e. The molecule has 0 bridgehead atoms. The summed E-state index contributed by atoms with van der Waals surface area (Å²) < 4.78 is 22.4. The highest BCUT2D eigenvalue weighted by Gasteiger charge is 2.50. The van der Waals surface area contributed by atoms with Gasteiger partial charge in [-0.3, -0.25) is 0 Å². The van der Waals surface area contributed by atoms with Crippen LogP contribution in [0.2, 0.25) is 0 Å². The Morgan fingerprint density at radius 3 is 2.56 bits per heavy atom. The number of fused-ring (bicyclic) bond motifs is 1. The Morgan fingerprint density at radius 1 is 1.22 bits per heavy atom. The SMILES string of the molecule is CCc1cc2ccc(OC3OC(C)(C)C(OC)C(O)C3O)c(C)c2oc1=O. The molecule has 1 aromatic carbocycles. The number of aliphatic hydroxyl groups is 2. The summed E-state index contributed by atoms with van der Waals surface area (Å²) in [5.74, 6) is 0.401. The van der Waals surface area contributed by atoms with Gasteiger partial charge in [0.2, 0.25) is 6.29 Å². The molecule has 0 amide bonds. The topological polar surface area (TPSA) is 98.4 Å². The second kappa shape index (κ2) is 7.24. The zero-order valence-corrected chi connectivity index (χ0v) is 16.2. The lowest BCUT2D eigenvalue weighted by atomic mass is 9.89. The van der Waals surface area contributed by atoms with Crippen LogP contribution in [0.4, 0.5) is 0 Å². The van der Waals surface area contributed by atoms with Crippen molar-refractivity contribution in [2.24, 2.45) is 0 Å². The summed E-state index contributed by atoms with van der Waals surface area (Å²) in [6, 6.07) is 5.32. The van der Waals surface area contributed by atoms with E-state index in [1.807, 2.05) is 6.92 Å². The molecule has 7 nitrogen and oxygen atoms in total. The lowest BCUT2D eigenvalue weighted by Gasteiger charge is -2.46. The van der Waals surface area contributed by atoms with Gasteiger partial charge in [0, 0.05) is 23.6 Å². The van der Waals surface area contributed by atoms with E-state index in [4.69, 9.17) is 18.6 Å². The van der Waals surface area contributed by atoms with Gasteiger partial charge in [-0.2, -0.15) is 0 Å². The molecule has 0 aliphatic carbocycles. The number of methoxy groups -OCH3 is 1. The summed E-state index contributed by atoms with van der Waals surface area (Å²) in [5, 5.41) is 21.6. The van der Waals surface area contributed by atoms with Crippen LogP contribution in [-0.2, 0) is 15.9 Å². The Balaban J connectivity index is 1.94. The van der Waals surface area contributed by atoms with Crippen molar-refractivity contribution < 1.29 is 28.8 Å². The van der Waals surface area contributed by atoms with E-state index in [2.05, 4.69) is 0 Å². The first kappa shape index (κ1) is 19.8. The van der Waals surface area contributed by atoms with Crippen LogP contribution in [0.25, 0.3) is 11.0 Å². The Hall–Kier alpha value is -1.93. The quantitative estimate of drug-likeness (QED) is 0.784. The Kier molecular flexibility index (Phi) is 5.31. The van der Waals surface area contributed by atoms with Crippen LogP contribution in [-0.4, -0.2) is 47.5 Å². The Bertz CT molecular complexity index is 886. The number of benzene rings is 1. The van der Waals surface area contributed by atoms with Crippen LogP contribution in [0.1, 0.15) is 31.9 Å². The molecule has 2 N–H and O–H groups in total. The average Bonchev–Trinajstić information content (AvgIpc) is 2.61. The van der Waals surface area contributed by atoms with Gasteiger partial charge < -0.3 is 28.8 Å². The molecule has 0 saturated carbocycles. The smallest absolute Gasteiger partial charge is 0.339 e. The molecule has 4 atom stereocenters. The lowest BCUT2D eigenvalue weighted by Crippen LogP contribution is -2.63. The van der Waals surface area contributed by atoms with Gasteiger partial charge in [0.25, 0.3) is 0 Å². The highest BCUT2D eigenvalue weighted by atomic mass is 16.7. The zero-order chi connectivity index (χ0) is 19.9. The van der Waals surface area contributed by atoms with Crippen LogP contribution in [0, 0.1) is 6.92 Å². The molecule has 7 heteroatoms. The van der Waals surface area contributed by atoms with Crippen LogP contribution in [0.15, 0.2) is 27.4 Å². The number of rotatable bonds is 4. The fraction of sp³-hybridized carbons (Fsp3) is 0.550. The fourth-order valence-electron chi connectivity index (χ4n) is 3.55. The van der Waals surface area contributed by atoms with Crippen molar-refractivity contribution in [3.63, 3.8) is 0 Å². The minimum absolute atomic E-state index is 0.376. The number of hydrogen-bond acceptors (Lipinski definition) is 7. The summed E-state index contributed by atoms with van der Waals surface area (Å²) in [5.41, 5.74) is 0.403. The second-order valence-electron chi connectivity index (χ2n) is 7.36. The predicted molar refractivity (Wildman–Crippen MR) is 99.0 cm³/mol. The second-order valence-corrected chi connectivity index (χ2v) is 7.36. The molecule has 1 saturated heterocycles. The molecule has 1 fully saturated rings. The third kappa shape index (κ3) is 3.48. The molecule has 0 radical (unpaired) electrons. The van der Waals surface area contributed by atoms with Crippen LogP contribution in [0.5, 0.6) is 5.75 Å². The number of aryl methyl sites for hydroxylation is 2. The van der Waals surface area contributed by atoms with E-state index in [0.29, 0.717) is 28.9 Å². The molecule has 2 aromatic rings. The lowest BCUT2D eigenvalue weighted by molar-refractivity contribution is -0.306. The van der Waals surface area contributed by atoms with Gasteiger partial charge in [-0.15, -0.1) is 0 Å². The fourth-order valence-corrected chi connectivity index (χ4v) is 3.55. The summed E-state index contributed by atoms with van der Waals surface area (Å²) in [7, 11) is 1.45. The van der Waals surface area contributed by atoms with Gasteiger partial charge in [0.05, 0.1) is 5.60 Å². The molecular formula is C20H26O7. The summed E-state index contributed by atoms with van der Waals surface area (Å²) >= 11 is 0. The summed E-state index contributed by atoms with van der Waals surface area (Å²) in [4.78, 5) is 12.0. The van der Waals surface area contributed by atoms with Crippen molar-refractivity contribution in [2.75, 3.05) is 7.11 Å². The molecule has 3 rings (SSSR count). The maximum atomic E-state index is 12.0. The molecule has 0 spiro atoms. The van der Waals surface area contributed by atoms with Crippen LogP contribution >= 0.6 is 0 Å². The van der Waals surface area contributed by atoms with Gasteiger partial charge >= 0.3 is 5.63 Å². The zero-order valence-electron chi connectivity index (χ0n) is 16.2. The van der Waals surface area contributed by atoms with Crippen molar-refractivity contribution in [2.45, 2.75) is 64.3 Å². The molecule has 2 heterocycles. The third-order valence-corrected chi connectivity index (χ3v) is 5.10. The monoisotopic (exact) mass is 378 g/mol. The first-order chi connectivity index (χ1) is 12.7. The molecule has 4 unspecified atom stereocenters. The average molecular weight is 378 g/mol. The van der Waals surface area contributed by atoms with Gasteiger partial charge in [-0.25, -0.2) is 4.79 Å². The van der Waals surface area contributed by atoms with E-state index in [1.54, 1.807) is 39.0 Å². The first-order valence-electron chi connectivity index (χ1n) is 8.99. The van der Waals surface area contributed by atoms with Crippen molar-refractivity contribution in [3.8, 4) is 5.75 Å². The molecule has 27 heavy (non-hydrogen) atoms. The van der Waals surface area contributed by atoms with E-state index in [1.165, 1.54) is 7.11 Å². The highest BCUT2D eigenvalue weighted by molar-refractivity contribution is 5.82. The molecular weight excluding hydrogens is 352 g/mol. The first-order valence-corrected chi connectivity index (χ1v) is 8.99. The normalized spacial score (nSPS) is 27.7. The van der Waals surface area contributed by atoms with Gasteiger partial charge in [0.1, 0.15) is 29.6 Å². The standard InChI is InChI=1S/C20H26O7/c1-6-11-9-12-7-8-13(10(2)16(12)26-18(11)23)25-19-15(22)14(21)17(24-5)20(3,4)27-19/h7-9,14-15,17,19,21-22H,6H2,1-5H3. The third-order valence-electron chi connectivity index (χ3n) is 5.10. The van der Waals surface area contributed by atoms with E-state index in [0.717, 1.165) is 5.39 Å². The molecule has 1 aromatic heterocycles. The van der Waals surface area contributed by atoms with Gasteiger partial charge in [-0.05, 0) is 45.4 Å². The van der Waals surface area contributed by atoms with E-state index < -0.39 is 30.2 Å². The molecule has 1 aliphatic heterocycles. The molecule has 148 valence electrons. The Labute approximate surface area is 157 Å². The summed E-state index contributed by atoms with van der Waals surface area (Å²) in [6.45, 7) is 7.17. The summed E-state index contributed by atoms with van der Waals surface area (Å²) in [6.07, 6.45) is -3.68. The Morgan fingerprint density at radius 2 is 1.93 bits per heavy atom. The van der Waals surface area contributed by atoms with Gasteiger partial charge in [0.15, 0.2) is 0 Å². The number of ether oxygens (including phenoxy) is 3. The van der Waals surface area contributed by atoms with Gasteiger partial charge in [-0.1, -0.05) is 6.92 Å². The van der Waals surface area contributed by atoms with E-state index in [9.17, 15) is 15.0 Å². The molecule has 1 aliphatic rings. The van der Waals surface area contributed by atoms with Crippen molar-refractivity contribution in [3.05, 3.63) is 39.7 Å². The maximum Gasteiger partial charge on any atom is 0.339 e. The number of hydrogen-bond donors (Lipinski definition) is 2. The predicted octanol–water partition coefficient (Wildman–Crippen LogP) is 1.91. The van der Waals surface area contributed by atoms with Crippen molar-refractivity contribution >= 4 is 11.0 Å². The highest BCUT2D eigenvalue weighted by Crippen LogP contribution is 2.34. The van der Waals surface area contributed by atoms with Crippen LogP contribution < -0.4 is 10.4 Å². The maximum absolute atomic E-state index is 12.0. The minimum atomic E-state index is -1.30. The van der Waals surface area contributed by atoms with E-state index >= 15 is 0 Å². The van der Waals surface area contributed by atoms with Crippen molar-refractivity contribution in [1.82, 2.24) is 0 Å². The number of aliphatic hydroxyl groups excluding tert-OH is 2. The van der Waals surface area contributed by atoms with E-state index in [-0.39, 0.29) is 5.63 Å². The minimum Gasteiger partial charge on any atom is -0.462 e. The van der Waals surface area contributed by atoms with Crippen molar-refractivity contribution in [1.29, 1.82) is 0 Å². The van der Waals surface area contributed by atoms with Crippen LogP contribution in [0.3, 0.4) is 0 Å².